The van der Waals surface area contributed by atoms with Gasteiger partial charge in [-0.2, -0.15) is 0 Å². The molecule has 1 N–H and O–H groups in total. The molecule has 2 aromatic rings. The van der Waals surface area contributed by atoms with Gasteiger partial charge < -0.3 is 5.11 Å². The molecule has 0 amide bonds. The summed E-state index contributed by atoms with van der Waals surface area (Å²) in [4.78, 5) is 11.4. The number of carboxylic acid groups (broad SMARTS) is 1. The van der Waals surface area contributed by atoms with E-state index >= 15 is 0 Å². The lowest BCUT2D eigenvalue weighted by molar-refractivity contribution is 0.0698. The van der Waals surface area contributed by atoms with Crippen LogP contribution in [0.4, 0.5) is 5.69 Å². The molecule has 0 unspecified atom stereocenters. The number of sulfonamides is 1. The fourth-order valence-electron chi connectivity index (χ4n) is 2.34. The Kier molecular flexibility index (Phi) is 4.71. The molecule has 128 valence electrons. The molecule has 0 aliphatic carbocycles. The first-order chi connectivity index (χ1) is 11.0. The fourth-order valence-corrected chi connectivity index (χ4v) is 3.56. The van der Waals surface area contributed by atoms with Crippen molar-refractivity contribution in [1.29, 1.82) is 0 Å². The number of hydrogen-bond donors (Lipinski definition) is 1. The van der Waals surface area contributed by atoms with Gasteiger partial charge in [0, 0.05) is 7.05 Å². The SMILES string of the molecule is CN(c1ccccc1C(=O)O)S(=O)(=O)c1ccc(C(C)(C)C)cc1. The Morgan fingerprint density at radius 2 is 1.54 bits per heavy atom. The molecule has 2 rings (SSSR count). The van der Waals surface area contributed by atoms with Crippen molar-refractivity contribution in [3.63, 3.8) is 0 Å². The minimum Gasteiger partial charge on any atom is -0.478 e. The van der Waals surface area contributed by atoms with E-state index in [1.807, 2.05) is 20.8 Å². The zero-order valence-electron chi connectivity index (χ0n) is 14.1. The van der Waals surface area contributed by atoms with Crippen LogP contribution in [0.2, 0.25) is 0 Å². The lowest BCUT2D eigenvalue weighted by Gasteiger charge is -2.23. The van der Waals surface area contributed by atoms with Crippen LogP contribution >= 0.6 is 0 Å². The Balaban J connectivity index is 2.46. The average Bonchev–Trinajstić information content (AvgIpc) is 2.53. The molecule has 0 aromatic heterocycles. The number of para-hydroxylation sites is 1. The first kappa shape index (κ1) is 18.0. The minimum absolute atomic E-state index is 0.0603. The summed E-state index contributed by atoms with van der Waals surface area (Å²) >= 11 is 0. The molecule has 0 saturated heterocycles. The van der Waals surface area contributed by atoms with E-state index in [9.17, 15) is 18.3 Å². The molecule has 0 fully saturated rings. The summed E-state index contributed by atoms with van der Waals surface area (Å²) < 4.78 is 26.6. The van der Waals surface area contributed by atoms with E-state index in [0.29, 0.717) is 0 Å². The molecule has 0 bridgehead atoms. The number of anilines is 1. The lowest BCUT2D eigenvalue weighted by Crippen LogP contribution is -2.28. The number of carbonyl (C=O) groups is 1. The molecular formula is C18H21NO4S. The first-order valence-corrected chi connectivity index (χ1v) is 8.91. The maximum absolute atomic E-state index is 12.8. The molecule has 0 atom stereocenters. The monoisotopic (exact) mass is 347 g/mol. The molecule has 24 heavy (non-hydrogen) atoms. The molecule has 5 nitrogen and oxygen atoms in total. The molecule has 0 spiro atoms. The first-order valence-electron chi connectivity index (χ1n) is 7.47. The number of carboxylic acids is 1. The van der Waals surface area contributed by atoms with Crippen molar-refractivity contribution in [1.82, 2.24) is 0 Å². The largest absolute Gasteiger partial charge is 0.478 e. The lowest BCUT2D eigenvalue weighted by atomic mass is 9.87. The van der Waals surface area contributed by atoms with E-state index in [1.54, 1.807) is 36.4 Å². The van der Waals surface area contributed by atoms with E-state index in [1.165, 1.54) is 19.2 Å². The number of benzene rings is 2. The van der Waals surface area contributed by atoms with Gasteiger partial charge in [0.25, 0.3) is 10.0 Å². The highest BCUT2D eigenvalue weighted by Gasteiger charge is 2.25. The predicted octanol–water partition coefficient (Wildman–Crippen LogP) is 3.51. The van der Waals surface area contributed by atoms with Gasteiger partial charge in [0.2, 0.25) is 0 Å². The Bertz CT molecular complexity index is 849. The average molecular weight is 347 g/mol. The number of rotatable bonds is 4. The van der Waals surface area contributed by atoms with Crippen LogP contribution < -0.4 is 4.31 Å². The van der Waals surface area contributed by atoms with Crippen molar-refractivity contribution in [3.8, 4) is 0 Å². The Labute approximate surface area is 142 Å². The van der Waals surface area contributed by atoms with E-state index < -0.39 is 16.0 Å². The highest BCUT2D eigenvalue weighted by atomic mass is 32.2. The Morgan fingerprint density at radius 1 is 1.00 bits per heavy atom. The Hall–Kier alpha value is -2.34. The van der Waals surface area contributed by atoms with E-state index in [2.05, 4.69) is 0 Å². The number of aromatic carboxylic acids is 1. The molecule has 0 radical (unpaired) electrons. The second-order valence-corrected chi connectivity index (χ2v) is 8.54. The van der Waals surface area contributed by atoms with Gasteiger partial charge in [0.15, 0.2) is 0 Å². The van der Waals surface area contributed by atoms with E-state index in [4.69, 9.17) is 0 Å². The van der Waals surface area contributed by atoms with Crippen molar-refractivity contribution >= 4 is 21.7 Å². The van der Waals surface area contributed by atoms with Crippen LogP contribution in [0.1, 0.15) is 36.7 Å². The van der Waals surface area contributed by atoms with Crippen LogP contribution in [0.25, 0.3) is 0 Å². The fraction of sp³-hybridized carbons (Fsp3) is 0.278. The van der Waals surface area contributed by atoms with Gasteiger partial charge in [0.1, 0.15) is 0 Å². The van der Waals surface area contributed by atoms with Crippen LogP contribution in [-0.4, -0.2) is 26.5 Å². The third-order valence-corrected chi connectivity index (χ3v) is 5.64. The smallest absolute Gasteiger partial charge is 0.337 e. The van der Waals surface area contributed by atoms with Crippen molar-refractivity contribution in [2.24, 2.45) is 0 Å². The summed E-state index contributed by atoms with van der Waals surface area (Å²) in [6.45, 7) is 6.14. The maximum Gasteiger partial charge on any atom is 0.337 e. The third-order valence-electron chi connectivity index (χ3n) is 3.85. The van der Waals surface area contributed by atoms with Crippen LogP contribution in [0.15, 0.2) is 53.4 Å². The molecular weight excluding hydrogens is 326 g/mol. The zero-order valence-corrected chi connectivity index (χ0v) is 15.0. The highest BCUT2D eigenvalue weighted by Crippen LogP contribution is 2.28. The minimum atomic E-state index is -3.84. The maximum atomic E-state index is 12.8. The molecule has 0 heterocycles. The quantitative estimate of drug-likeness (QED) is 0.918. The van der Waals surface area contributed by atoms with Crippen molar-refractivity contribution in [2.75, 3.05) is 11.4 Å². The number of nitrogens with zero attached hydrogens (tertiary/aromatic N) is 1. The molecule has 0 aliphatic heterocycles. The molecule has 6 heteroatoms. The van der Waals surface area contributed by atoms with Gasteiger partial charge in [0.05, 0.1) is 16.1 Å². The topological polar surface area (TPSA) is 74.7 Å². The third kappa shape index (κ3) is 3.43. The molecule has 2 aromatic carbocycles. The van der Waals surface area contributed by atoms with Crippen LogP contribution in [-0.2, 0) is 15.4 Å². The number of hydrogen-bond acceptors (Lipinski definition) is 3. The zero-order chi connectivity index (χ0) is 18.1. The second-order valence-electron chi connectivity index (χ2n) is 6.57. The van der Waals surface area contributed by atoms with Gasteiger partial charge in [-0.05, 0) is 35.2 Å². The van der Waals surface area contributed by atoms with E-state index in [0.717, 1.165) is 9.87 Å². The summed E-state index contributed by atoms with van der Waals surface area (Å²) in [5.41, 5.74) is 1.01. The molecule has 0 aliphatic rings. The normalized spacial score (nSPS) is 12.0. The summed E-state index contributed by atoms with van der Waals surface area (Å²) in [6.07, 6.45) is 0. The van der Waals surface area contributed by atoms with Crippen molar-refractivity contribution in [3.05, 3.63) is 59.7 Å². The standard InChI is InChI=1S/C18H21NO4S/c1-18(2,3)13-9-11-14(12-10-13)24(22,23)19(4)16-8-6-5-7-15(16)17(20)21/h5-12H,1-4H3,(H,20,21). The van der Waals surface area contributed by atoms with Crippen LogP contribution in [0.5, 0.6) is 0 Å². The summed E-state index contributed by atoms with van der Waals surface area (Å²) in [6, 6.07) is 12.7. The summed E-state index contributed by atoms with van der Waals surface area (Å²) in [5.74, 6) is -1.17. The summed E-state index contributed by atoms with van der Waals surface area (Å²) in [7, 11) is -2.48. The van der Waals surface area contributed by atoms with Crippen LogP contribution in [0, 0.1) is 0 Å². The van der Waals surface area contributed by atoms with Gasteiger partial charge >= 0.3 is 5.97 Å². The predicted molar refractivity (Wildman–Crippen MR) is 94.1 cm³/mol. The van der Waals surface area contributed by atoms with Crippen molar-refractivity contribution in [2.45, 2.75) is 31.1 Å². The molecule has 0 saturated carbocycles. The second kappa shape index (κ2) is 6.28. The van der Waals surface area contributed by atoms with Crippen LogP contribution in [0.3, 0.4) is 0 Å². The van der Waals surface area contributed by atoms with Gasteiger partial charge in [-0.3, -0.25) is 4.31 Å². The summed E-state index contributed by atoms with van der Waals surface area (Å²) in [5, 5.41) is 9.26. The van der Waals surface area contributed by atoms with Gasteiger partial charge in [-0.25, -0.2) is 13.2 Å². The Morgan fingerprint density at radius 3 is 2.04 bits per heavy atom. The van der Waals surface area contributed by atoms with Gasteiger partial charge in [-0.15, -0.1) is 0 Å². The van der Waals surface area contributed by atoms with Gasteiger partial charge in [-0.1, -0.05) is 45.0 Å². The highest BCUT2D eigenvalue weighted by molar-refractivity contribution is 7.92. The van der Waals surface area contributed by atoms with Crippen molar-refractivity contribution < 1.29 is 18.3 Å². The van der Waals surface area contributed by atoms with E-state index in [-0.39, 0.29) is 21.6 Å².